The maximum absolute atomic E-state index is 13.1. The highest BCUT2D eigenvalue weighted by Crippen LogP contribution is 2.35. The number of halogens is 1. The largest absolute Gasteiger partial charge is 0.369 e. The van der Waals surface area contributed by atoms with Crippen molar-refractivity contribution in [2.75, 3.05) is 13.2 Å². The topological polar surface area (TPSA) is 41.6 Å². The number of ether oxygens (including phenoxy) is 1. The van der Waals surface area contributed by atoms with Gasteiger partial charge in [-0.15, -0.1) is 12.4 Å². The van der Waals surface area contributed by atoms with Crippen molar-refractivity contribution < 1.29 is 9.53 Å². The van der Waals surface area contributed by atoms with Gasteiger partial charge in [-0.25, -0.2) is 0 Å². The van der Waals surface area contributed by atoms with Gasteiger partial charge in [0.05, 0.1) is 18.7 Å². The predicted octanol–water partition coefficient (Wildman–Crippen LogP) is 3.71. The molecular weight excluding hydrogens is 348 g/mol. The van der Waals surface area contributed by atoms with Gasteiger partial charge in [0.25, 0.3) is 0 Å². The Kier molecular flexibility index (Phi) is 5.95. The van der Waals surface area contributed by atoms with Gasteiger partial charge in [0.15, 0.2) is 0 Å². The molecule has 0 aliphatic carbocycles. The Labute approximate surface area is 163 Å². The van der Waals surface area contributed by atoms with E-state index in [1.165, 1.54) is 12.8 Å². The summed E-state index contributed by atoms with van der Waals surface area (Å²) in [4.78, 5) is 15.2. The molecule has 3 fully saturated rings. The molecule has 3 unspecified atom stereocenters. The van der Waals surface area contributed by atoms with E-state index >= 15 is 0 Å². The minimum Gasteiger partial charge on any atom is -0.369 e. The van der Waals surface area contributed by atoms with Crippen molar-refractivity contribution in [1.82, 2.24) is 10.2 Å². The Morgan fingerprint density at radius 3 is 2.50 bits per heavy atom. The van der Waals surface area contributed by atoms with Crippen LogP contribution in [-0.2, 0) is 9.53 Å². The van der Waals surface area contributed by atoms with E-state index in [2.05, 4.69) is 36.2 Å². The molecule has 3 heterocycles. The Balaban J connectivity index is 0.00000196. The van der Waals surface area contributed by atoms with E-state index in [9.17, 15) is 4.79 Å². The number of rotatable bonds is 3. The lowest BCUT2D eigenvalue weighted by Crippen LogP contribution is -2.56. The third kappa shape index (κ3) is 4.08. The summed E-state index contributed by atoms with van der Waals surface area (Å²) in [5.41, 5.74) is 0.935. The van der Waals surface area contributed by atoms with Crippen LogP contribution in [0.15, 0.2) is 30.3 Å². The van der Waals surface area contributed by atoms with Gasteiger partial charge in [-0.1, -0.05) is 30.3 Å². The number of morpholine rings is 1. The molecule has 144 valence electrons. The van der Waals surface area contributed by atoms with Gasteiger partial charge in [-0.05, 0) is 51.0 Å². The summed E-state index contributed by atoms with van der Waals surface area (Å²) in [6.45, 7) is 5.50. The van der Waals surface area contributed by atoms with Crippen molar-refractivity contribution >= 4 is 18.3 Å². The van der Waals surface area contributed by atoms with Crippen molar-refractivity contribution in [2.45, 2.75) is 69.7 Å². The van der Waals surface area contributed by atoms with E-state index < -0.39 is 0 Å². The molecular formula is C21H31ClN2O2. The van der Waals surface area contributed by atoms with Crippen LogP contribution >= 0.6 is 12.4 Å². The van der Waals surface area contributed by atoms with E-state index in [-0.39, 0.29) is 24.0 Å². The molecule has 4 nitrogen and oxygen atoms in total. The first-order valence-corrected chi connectivity index (χ1v) is 9.74. The lowest BCUT2D eigenvalue weighted by molar-refractivity contribution is -0.156. The monoisotopic (exact) mass is 378 g/mol. The second-order valence-corrected chi connectivity index (χ2v) is 8.71. The Morgan fingerprint density at radius 2 is 1.85 bits per heavy atom. The van der Waals surface area contributed by atoms with Crippen molar-refractivity contribution in [2.24, 2.45) is 5.92 Å². The number of piperidine rings is 1. The van der Waals surface area contributed by atoms with Crippen LogP contribution in [0.2, 0.25) is 0 Å². The number of carbonyl (C=O) groups is 1. The normalized spacial score (nSPS) is 32.8. The van der Waals surface area contributed by atoms with Gasteiger partial charge in [0.1, 0.15) is 6.10 Å². The molecule has 1 N–H and O–H groups in total. The van der Waals surface area contributed by atoms with E-state index in [1.54, 1.807) is 0 Å². The Hall–Kier alpha value is -1.10. The molecule has 1 amide bonds. The molecule has 1 aromatic carbocycles. The zero-order chi connectivity index (χ0) is 17.4. The summed E-state index contributed by atoms with van der Waals surface area (Å²) >= 11 is 0. The molecule has 3 aliphatic heterocycles. The smallest absolute Gasteiger partial charge is 0.223 e. The van der Waals surface area contributed by atoms with Crippen LogP contribution in [-0.4, -0.2) is 41.6 Å². The zero-order valence-corrected chi connectivity index (χ0v) is 16.6. The molecule has 5 heteroatoms. The molecule has 4 rings (SSSR count). The van der Waals surface area contributed by atoms with Gasteiger partial charge in [0.2, 0.25) is 5.91 Å². The molecule has 3 aliphatic rings. The zero-order valence-electron chi connectivity index (χ0n) is 15.8. The lowest BCUT2D eigenvalue weighted by Gasteiger charge is -2.46. The van der Waals surface area contributed by atoms with Crippen LogP contribution in [0, 0.1) is 5.92 Å². The number of amides is 1. The third-order valence-corrected chi connectivity index (χ3v) is 6.22. The summed E-state index contributed by atoms with van der Waals surface area (Å²) in [5.74, 6) is 0.848. The lowest BCUT2D eigenvalue weighted by atomic mass is 9.88. The Bertz CT molecular complexity index is 610. The minimum absolute atomic E-state index is 0. The van der Waals surface area contributed by atoms with Gasteiger partial charge in [0, 0.05) is 18.5 Å². The standard InChI is InChI=1S/C21H30N2O2.ClH/c1-21(2)14-25-19(16-6-4-3-5-7-16)13-23(21)20(24)12-15-10-17-8-9-18(11-15)22-17;/h3-7,15,17-19,22H,8-14H2,1-2H3;1H. The first kappa shape index (κ1) is 19.7. The van der Waals surface area contributed by atoms with Crippen molar-refractivity contribution in [1.29, 1.82) is 0 Å². The van der Waals surface area contributed by atoms with E-state index in [0.717, 1.165) is 18.4 Å². The predicted molar refractivity (Wildman–Crippen MR) is 105 cm³/mol. The molecule has 0 aromatic heterocycles. The summed E-state index contributed by atoms with van der Waals surface area (Å²) in [6, 6.07) is 11.6. The summed E-state index contributed by atoms with van der Waals surface area (Å²) in [6.07, 6.45) is 5.58. The SMILES string of the molecule is CC1(C)COC(c2ccccc2)CN1C(=O)CC1CC2CCC(C1)N2.Cl. The molecule has 1 aromatic rings. The fraction of sp³-hybridized carbons (Fsp3) is 0.667. The molecule has 2 bridgehead atoms. The maximum atomic E-state index is 13.1. The number of fused-ring (bicyclic) bond motifs is 2. The fourth-order valence-corrected chi connectivity index (χ4v) is 4.86. The number of hydrogen-bond acceptors (Lipinski definition) is 3. The van der Waals surface area contributed by atoms with Gasteiger partial charge in [-0.2, -0.15) is 0 Å². The quantitative estimate of drug-likeness (QED) is 0.871. The first-order chi connectivity index (χ1) is 12.0. The molecule has 3 atom stereocenters. The van der Waals surface area contributed by atoms with Crippen LogP contribution in [0.3, 0.4) is 0 Å². The van der Waals surface area contributed by atoms with Crippen molar-refractivity contribution in [3.63, 3.8) is 0 Å². The summed E-state index contributed by atoms with van der Waals surface area (Å²) < 4.78 is 6.09. The maximum Gasteiger partial charge on any atom is 0.223 e. The van der Waals surface area contributed by atoms with E-state index in [4.69, 9.17) is 4.74 Å². The van der Waals surface area contributed by atoms with Crippen molar-refractivity contribution in [3.05, 3.63) is 35.9 Å². The van der Waals surface area contributed by atoms with E-state index in [0.29, 0.717) is 43.5 Å². The van der Waals surface area contributed by atoms with Crippen molar-refractivity contribution in [3.8, 4) is 0 Å². The van der Waals surface area contributed by atoms with E-state index in [1.807, 2.05) is 18.2 Å². The van der Waals surface area contributed by atoms with Crippen LogP contribution in [0.4, 0.5) is 0 Å². The first-order valence-electron chi connectivity index (χ1n) is 9.74. The second-order valence-electron chi connectivity index (χ2n) is 8.71. The van der Waals surface area contributed by atoms with Crippen LogP contribution in [0.25, 0.3) is 0 Å². The molecule has 3 saturated heterocycles. The number of hydrogen-bond donors (Lipinski definition) is 1. The fourth-order valence-electron chi connectivity index (χ4n) is 4.86. The summed E-state index contributed by atoms with van der Waals surface area (Å²) in [7, 11) is 0. The average Bonchev–Trinajstić information content (AvgIpc) is 2.94. The Morgan fingerprint density at radius 1 is 1.19 bits per heavy atom. The average molecular weight is 379 g/mol. The molecule has 0 saturated carbocycles. The second kappa shape index (κ2) is 7.87. The van der Waals surface area contributed by atoms with Crippen LogP contribution < -0.4 is 5.32 Å². The molecule has 0 spiro atoms. The number of nitrogens with one attached hydrogen (secondary N) is 1. The number of nitrogens with zero attached hydrogens (tertiary/aromatic N) is 1. The third-order valence-electron chi connectivity index (χ3n) is 6.22. The van der Waals surface area contributed by atoms with Gasteiger partial charge >= 0.3 is 0 Å². The van der Waals surface area contributed by atoms with Crippen LogP contribution in [0.1, 0.15) is 57.6 Å². The molecule has 26 heavy (non-hydrogen) atoms. The number of carbonyl (C=O) groups excluding carboxylic acids is 1. The summed E-state index contributed by atoms with van der Waals surface area (Å²) in [5, 5.41) is 3.67. The van der Waals surface area contributed by atoms with Gasteiger partial charge < -0.3 is 15.0 Å². The minimum atomic E-state index is -0.228. The van der Waals surface area contributed by atoms with Crippen LogP contribution in [0.5, 0.6) is 0 Å². The highest BCUT2D eigenvalue weighted by molar-refractivity contribution is 5.85. The molecule has 0 radical (unpaired) electrons. The highest BCUT2D eigenvalue weighted by atomic mass is 35.5. The van der Waals surface area contributed by atoms with Gasteiger partial charge in [-0.3, -0.25) is 4.79 Å². The number of benzene rings is 1. The highest BCUT2D eigenvalue weighted by Gasteiger charge is 2.40.